The van der Waals surface area contributed by atoms with Crippen LogP contribution >= 0.6 is 0 Å². The van der Waals surface area contributed by atoms with Crippen molar-refractivity contribution in [2.75, 3.05) is 10.6 Å². The number of benzene rings is 4. The lowest BCUT2D eigenvalue weighted by Gasteiger charge is -2.13. The molecular formula is C31H25N5O2. The first-order valence-corrected chi connectivity index (χ1v) is 12.3. The molecule has 0 unspecified atom stereocenters. The molecule has 0 aliphatic rings. The fourth-order valence-corrected chi connectivity index (χ4v) is 4.49. The summed E-state index contributed by atoms with van der Waals surface area (Å²) >= 11 is 0. The smallest absolute Gasteiger partial charge is 0.255 e. The summed E-state index contributed by atoms with van der Waals surface area (Å²) in [6, 6.07) is 28.9. The molecule has 0 fully saturated rings. The minimum atomic E-state index is -0.188. The van der Waals surface area contributed by atoms with Gasteiger partial charge in [0.25, 0.3) is 5.91 Å². The molecule has 4 N–H and O–H groups in total. The molecule has 0 saturated heterocycles. The quantitative estimate of drug-likeness (QED) is 0.233. The molecule has 2 heterocycles. The van der Waals surface area contributed by atoms with Gasteiger partial charge < -0.3 is 20.8 Å². The van der Waals surface area contributed by atoms with Crippen LogP contribution in [0.4, 0.5) is 17.2 Å². The highest BCUT2D eigenvalue weighted by molar-refractivity contribution is 6.09. The molecular weight excluding hydrogens is 474 g/mol. The van der Waals surface area contributed by atoms with Crippen molar-refractivity contribution in [1.82, 2.24) is 9.97 Å². The van der Waals surface area contributed by atoms with Crippen molar-refractivity contribution in [3.63, 3.8) is 0 Å². The van der Waals surface area contributed by atoms with E-state index in [0.717, 1.165) is 50.0 Å². The van der Waals surface area contributed by atoms with E-state index in [-0.39, 0.29) is 5.91 Å². The lowest BCUT2D eigenvalue weighted by atomic mass is 10.1. The Morgan fingerprint density at radius 3 is 2.55 bits per heavy atom. The second kappa shape index (κ2) is 9.80. The maximum atomic E-state index is 12.7. The summed E-state index contributed by atoms with van der Waals surface area (Å²) in [6.07, 6.45) is 1.53. The van der Waals surface area contributed by atoms with Crippen LogP contribution in [0.15, 0.2) is 102 Å². The molecule has 0 aliphatic heterocycles. The fraction of sp³-hybridized carbons (Fsp3) is 0.0645. The summed E-state index contributed by atoms with van der Waals surface area (Å²) in [4.78, 5) is 21.7. The highest BCUT2D eigenvalue weighted by atomic mass is 16.3. The Balaban J connectivity index is 1.27. The summed E-state index contributed by atoms with van der Waals surface area (Å²) in [5.74, 6) is 0.443. The van der Waals surface area contributed by atoms with Gasteiger partial charge in [-0.1, -0.05) is 48.5 Å². The van der Waals surface area contributed by atoms with Gasteiger partial charge in [0.2, 0.25) is 0 Å². The zero-order valence-electron chi connectivity index (χ0n) is 20.7. The number of aryl methyl sites for hydroxylation is 1. The molecule has 0 radical (unpaired) electrons. The standard InChI is InChI=1S/C31H25N5O2/c1-19-9-14-22(35-31(37)21-12-10-20(17-32)11-13-21)15-26(19)36-29-16-27(33-18-34-29)25-7-4-6-24-23-5-2-3-8-28(23)38-30(24)25/h2-16,18H,17,32H2,1H3,(H,35,37)(H,33,34,36). The maximum Gasteiger partial charge on any atom is 0.255 e. The van der Waals surface area contributed by atoms with Crippen molar-refractivity contribution < 1.29 is 9.21 Å². The second-order valence-electron chi connectivity index (χ2n) is 9.08. The molecule has 1 amide bonds. The molecule has 0 saturated carbocycles. The van der Waals surface area contributed by atoms with Crippen LogP contribution in [0.25, 0.3) is 33.2 Å². The largest absolute Gasteiger partial charge is 0.455 e. The highest BCUT2D eigenvalue weighted by Gasteiger charge is 2.14. The lowest BCUT2D eigenvalue weighted by Crippen LogP contribution is -2.12. The van der Waals surface area contributed by atoms with Crippen LogP contribution in [0.1, 0.15) is 21.5 Å². The molecule has 7 nitrogen and oxygen atoms in total. The van der Waals surface area contributed by atoms with Crippen LogP contribution in [0.2, 0.25) is 0 Å². The van der Waals surface area contributed by atoms with E-state index in [0.29, 0.717) is 23.6 Å². The number of para-hydroxylation sites is 2. The summed E-state index contributed by atoms with van der Waals surface area (Å²) in [6.45, 7) is 2.43. The molecule has 0 spiro atoms. The monoisotopic (exact) mass is 499 g/mol. The number of carbonyl (C=O) groups is 1. The number of fused-ring (bicyclic) bond motifs is 3. The van der Waals surface area contributed by atoms with Gasteiger partial charge in [0.05, 0.1) is 5.69 Å². The van der Waals surface area contributed by atoms with Crippen LogP contribution in [-0.4, -0.2) is 15.9 Å². The molecule has 6 aromatic rings. The van der Waals surface area contributed by atoms with Crippen LogP contribution in [-0.2, 0) is 6.54 Å². The number of carbonyl (C=O) groups excluding carboxylic acids is 1. The maximum absolute atomic E-state index is 12.7. The van der Waals surface area contributed by atoms with Crippen LogP contribution in [0.3, 0.4) is 0 Å². The summed E-state index contributed by atoms with van der Waals surface area (Å²) in [5.41, 5.74) is 13.0. The van der Waals surface area contributed by atoms with Crippen molar-refractivity contribution in [2.24, 2.45) is 5.73 Å². The van der Waals surface area contributed by atoms with Gasteiger partial charge in [-0.15, -0.1) is 0 Å². The molecule has 0 aliphatic carbocycles. The Hall–Kier alpha value is -5.01. The number of rotatable bonds is 6. The Bertz CT molecular complexity index is 1790. The first kappa shape index (κ1) is 23.4. The zero-order chi connectivity index (χ0) is 26.1. The number of aromatic nitrogens is 2. The molecule has 0 bridgehead atoms. The fourth-order valence-electron chi connectivity index (χ4n) is 4.49. The van der Waals surface area contributed by atoms with Crippen molar-refractivity contribution in [3.05, 3.63) is 114 Å². The van der Waals surface area contributed by atoms with Crippen molar-refractivity contribution >= 4 is 45.0 Å². The van der Waals surface area contributed by atoms with E-state index < -0.39 is 0 Å². The van der Waals surface area contributed by atoms with Gasteiger partial charge in [0.15, 0.2) is 0 Å². The molecule has 186 valence electrons. The van der Waals surface area contributed by atoms with Gasteiger partial charge in [0, 0.05) is 45.9 Å². The van der Waals surface area contributed by atoms with Gasteiger partial charge in [-0.2, -0.15) is 0 Å². The topological polar surface area (TPSA) is 106 Å². The van der Waals surface area contributed by atoms with E-state index in [1.807, 2.05) is 73.7 Å². The predicted molar refractivity (Wildman–Crippen MR) is 151 cm³/mol. The predicted octanol–water partition coefficient (Wildman–Crippen LogP) is 6.81. The minimum absolute atomic E-state index is 0.188. The molecule has 7 heteroatoms. The number of anilines is 3. The SMILES string of the molecule is Cc1ccc(NC(=O)c2ccc(CN)cc2)cc1Nc1cc(-c2cccc3c2oc2ccccc23)ncn1. The molecule has 38 heavy (non-hydrogen) atoms. The number of nitrogens with two attached hydrogens (primary N) is 1. The van der Waals surface area contributed by atoms with Gasteiger partial charge in [-0.3, -0.25) is 4.79 Å². The Morgan fingerprint density at radius 1 is 0.895 bits per heavy atom. The number of hydrogen-bond acceptors (Lipinski definition) is 6. The van der Waals surface area contributed by atoms with Crippen molar-refractivity contribution in [3.8, 4) is 11.3 Å². The van der Waals surface area contributed by atoms with E-state index in [4.69, 9.17) is 10.2 Å². The third-order valence-corrected chi connectivity index (χ3v) is 6.56. The van der Waals surface area contributed by atoms with E-state index in [9.17, 15) is 4.79 Å². The van der Waals surface area contributed by atoms with E-state index in [1.165, 1.54) is 6.33 Å². The first-order chi connectivity index (χ1) is 18.6. The van der Waals surface area contributed by atoms with Crippen molar-refractivity contribution in [2.45, 2.75) is 13.5 Å². The van der Waals surface area contributed by atoms with Crippen LogP contribution in [0.5, 0.6) is 0 Å². The number of amides is 1. The minimum Gasteiger partial charge on any atom is -0.455 e. The normalized spacial score (nSPS) is 11.1. The third kappa shape index (κ3) is 4.47. The number of furan rings is 1. The van der Waals surface area contributed by atoms with Gasteiger partial charge in [-0.25, -0.2) is 9.97 Å². The number of nitrogens with zero attached hydrogens (tertiary/aromatic N) is 2. The van der Waals surface area contributed by atoms with Crippen molar-refractivity contribution in [1.29, 1.82) is 0 Å². The van der Waals surface area contributed by atoms with E-state index in [1.54, 1.807) is 12.1 Å². The summed E-state index contributed by atoms with van der Waals surface area (Å²) in [5, 5.41) is 8.46. The molecule has 4 aromatic carbocycles. The summed E-state index contributed by atoms with van der Waals surface area (Å²) < 4.78 is 6.19. The number of hydrogen-bond donors (Lipinski definition) is 3. The molecule has 6 rings (SSSR count). The second-order valence-corrected chi connectivity index (χ2v) is 9.08. The lowest BCUT2D eigenvalue weighted by molar-refractivity contribution is 0.102. The average molecular weight is 500 g/mol. The molecule has 2 aromatic heterocycles. The van der Waals surface area contributed by atoms with E-state index in [2.05, 4.69) is 32.7 Å². The van der Waals surface area contributed by atoms with Gasteiger partial charge >= 0.3 is 0 Å². The Kier molecular flexibility index (Phi) is 6.03. The van der Waals surface area contributed by atoms with Crippen LogP contribution < -0.4 is 16.4 Å². The van der Waals surface area contributed by atoms with Gasteiger partial charge in [0.1, 0.15) is 23.3 Å². The highest BCUT2D eigenvalue weighted by Crippen LogP contribution is 2.35. The third-order valence-electron chi connectivity index (χ3n) is 6.56. The zero-order valence-corrected chi connectivity index (χ0v) is 20.7. The molecule has 0 atom stereocenters. The van der Waals surface area contributed by atoms with Gasteiger partial charge in [-0.05, 0) is 54.4 Å². The first-order valence-electron chi connectivity index (χ1n) is 12.3. The Labute approximate surface area is 219 Å². The average Bonchev–Trinajstić information content (AvgIpc) is 3.34. The Morgan fingerprint density at radius 2 is 1.71 bits per heavy atom. The number of nitrogens with one attached hydrogen (secondary N) is 2. The van der Waals surface area contributed by atoms with Crippen LogP contribution in [0, 0.1) is 6.92 Å². The summed E-state index contributed by atoms with van der Waals surface area (Å²) in [7, 11) is 0. The van der Waals surface area contributed by atoms with E-state index >= 15 is 0 Å².